The minimum absolute atomic E-state index is 0.273. The highest BCUT2D eigenvalue weighted by Gasteiger charge is 2.32. The normalized spacial score (nSPS) is 12.1. The van der Waals surface area contributed by atoms with E-state index < -0.39 is 11.7 Å². The Kier molecular flexibility index (Phi) is 4.25. The van der Waals surface area contributed by atoms with Crippen LogP contribution < -0.4 is 4.74 Å². The Morgan fingerprint density at radius 3 is 2.65 bits per heavy atom. The first-order chi connectivity index (χ1) is 14.9. The Labute approximate surface area is 174 Å². The van der Waals surface area contributed by atoms with Crippen LogP contribution in [0.4, 0.5) is 13.2 Å². The molecule has 0 atom stereocenters. The van der Waals surface area contributed by atoms with Crippen LogP contribution in [0.15, 0.2) is 49.1 Å². The number of rotatable bonds is 1. The molecule has 0 fully saturated rings. The monoisotopic (exact) mass is 422 g/mol. The number of alkyl halides is 3. The van der Waals surface area contributed by atoms with Gasteiger partial charge in [-0.25, -0.2) is 14.6 Å². The summed E-state index contributed by atoms with van der Waals surface area (Å²) in [6.45, 7) is 0. The van der Waals surface area contributed by atoms with Gasteiger partial charge in [0.2, 0.25) is 0 Å². The van der Waals surface area contributed by atoms with Crippen LogP contribution in [0.3, 0.4) is 0 Å². The lowest BCUT2D eigenvalue weighted by Gasteiger charge is -2.13. The van der Waals surface area contributed by atoms with Crippen molar-refractivity contribution in [2.24, 2.45) is 0 Å². The molecule has 0 saturated heterocycles. The van der Waals surface area contributed by atoms with Gasteiger partial charge < -0.3 is 4.74 Å². The predicted octanol–water partition coefficient (Wildman–Crippen LogP) is 3.18. The lowest BCUT2D eigenvalue weighted by atomic mass is 10.1. The maximum atomic E-state index is 13.3. The standard InChI is InChI=1S/C21H13F3N6O/c1-31-16-5-3-14(25-11-16)4-6-17-19-9-15-10-27-28-30(15)20-8-13(21(22,23)24)2-7-18(20)29(19)12-26-17/h2-3,5,7-8,10-12H,9H2,1H3. The maximum Gasteiger partial charge on any atom is 0.416 e. The summed E-state index contributed by atoms with van der Waals surface area (Å²) in [5.41, 5.74) is 2.41. The van der Waals surface area contributed by atoms with Crippen molar-refractivity contribution in [1.82, 2.24) is 29.5 Å². The molecule has 4 heterocycles. The first-order valence-electron chi connectivity index (χ1n) is 9.14. The van der Waals surface area contributed by atoms with Gasteiger partial charge in [0.15, 0.2) is 0 Å². The molecule has 0 bridgehead atoms. The van der Waals surface area contributed by atoms with Gasteiger partial charge in [-0.05, 0) is 42.2 Å². The summed E-state index contributed by atoms with van der Waals surface area (Å²) in [5, 5.41) is 7.87. The van der Waals surface area contributed by atoms with Crippen molar-refractivity contribution >= 4 is 0 Å². The molecule has 0 aliphatic carbocycles. The van der Waals surface area contributed by atoms with Crippen LogP contribution >= 0.6 is 0 Å². The van der Waals surface area contributed by atoms with Crippen LogP contribution in [0.2, 0.25) is 0 Å². The zero-order valence-corrected chi connectivity index (χ0v) is 16.1. The van der Waals surface area contributed by atoms with E-state index >= 15 is 0 Å². The van der Waals surface area contributed by atoms with Crippen LogP contribution in [0.5, 0.6) is 5.75 Å². The van der Waals surface area contributed by atoms with Gasteiger partial charge in [0.05, 0.1) is 47.8 Å². The van der Waals surface area contributed by atoms with Crippen molar-refractivity contribution in [3.63, 3.8) is 0 Å². The summed E-state index contributed by atoms with van der Waals surface area (Å²) in [4.78, 5) is 8.59. The van der Waals surface area contributed by atoms with Crippen LogP contribution in [0, 0.1) is 11.8 Å². The van der Waals surface area contributed by atoms with Crippen molar-refractivity contribution in [2.45, 2.75) is 12.6 Å². The van der Waals surface area contributed by atoms with Crippen LogP contribution in [0.25, 0.3) is 11.4 Å². The molecule has 3 aromatic heterocycles. The average molecular weight is 422 g/mol. The number of imidazole rings is 1. The van der Waals surface area contributed by atoms with Crippen LogP contribution in [-0.4, -0.2) is 36.6 Å². The molecule has 0 spiro atoms. The molecule has 0 unspecified atom stereocenters. The molecule has 4 aromatic rings. The van der Waals surface area contributed by atoms with Crippen molar-refractivity contribution < 1.29 is 17.9 Å². The van der Waals surface area contributed by atoms with Gasteiger partial charge in [-0.2, -0.15) is 13.2 Å². The number of pyridine rings is 1. The number of ether oxygens (including phenoxy) is 1. The van der Waals surface area contributed by atoms with E-state index in [0.717, 1.165) is 17.8 Å². The van der Waals surface area contributed by atoms with E-state index in [-0.39, 0.29) is 5.69 Å². The van der Waals surface area contributed by atoms with Crippen molar-refractivity contribution in [2.75, 3.05) is 7.11 Å². The van der Waals surface area contributed by atoms with E-state index in [4.69, 9.17) is 4.74 Å². The summed E-state index contributed by atoms with van der Waals surface area (Å²) in [5.74, 6) is 6.59. The fourth-order valence-electron chi connectivity index (χ4n) is 3.38. The van der Waals surface area contributed by atoms with E-state index in [1.807, 2.05) is 0 Å². The molecule has 1 aliphatic rings. The summed E-state index contributed by atoms with van der Waals surface area (Å²) in [7, 11) is 1.55. The Balaban J connectivity index is 1.62. The number of nitrogens with zero attached hydrogens (tertiary/aromatic N) is 6. The molecule has 0 saturated carbocycles. The van der Waals surface area contributed by atoms with Gasteiger partial charge >= 0.3 is 6.18 Å². The molecule has 0 N–H and O–H groups in total. The second-order valence-corrected chi connectivity index (χ2v) is 6.76. The molecule has 154 valence electrons. The highest BCUT2D eigenvalue weighted by atomic mass is 19.4. The number of aromatic nitrogens is 6. The second kappa shape index (κ2) is 6.98. The summed E-state index contributed by atoms with van der Waals surface area (Å²) < 4.78 is 48.1. The first kappa shape index (κ1) is 18.9. The van der Waals surface area contributed by atoms with Gasteiger partial charge in [0.25, 0.3) is 0 Å². The molecular formula is C21H13F3N6O. The first-order valence-corrected chi connectivity index (χ1v) is 9.14. The number of fused-ring (bicyclic) bond motifs is 5. The highest BCUT2D eigenvalue weighted by molar-refractivity contribution is 5.58. The highest BCUT2D eigenvalue weighted by Crippen LogP contribution is 2.35. The molecule has 0 amide bonds. The van der Waals surface area contributed by atoms with E-state index in [2.05, 4.69) is 32.1 Å². The minimum atomic E-state index is -4.47. The minimum Gasteiger partial charge on any atom is -0.495 e. The van der Waals surface area contributed by atoms with Crippen LogP contribution in [-0.2, 0) is 12.6 Å². The molecule has 5 rings (SSSR count). The van der Waals surface area contributed by atoms with Crippen LogP contribution in [0.1, 0.15) is 28.3 Å². The quantitative estimate of drug-likeness (QED) is 0.388. The third kappa shape index (κ3) is 3.30. The topological polar surface area (TPSA) is 70.7 Å². The summed E-state index contributed by atoms with van der Waals surface area (Å²) in [6, 6.07) is 6.99. The number of hydrogen-bond donors (Lipinski definition) is 0. The smallest absolute Gasteiger partial charge is 0.416 e. The zero-order valence-electron chi connectivity index (χ0n) is 16.1. The lowest BCUT2D eigenvalue weighted by molar-refractivity contribution is -0.137. The summed E-state index contributed by atoms with van der Waals surface area (Å²) >= 11 is 0. The summed E-state index contributed by atoms with van der Waals surface area (Å²) in [6.07, 6.45) is 0.517. The molecule has 1 aliphatic heterocycles. The SMILES string of the molecule is COc1ccc(C#Cc2ncn3c2Cc2cnnn2-c2cc(C(F)(F)F)ccc2-3)nc1. The average Bonchev–Trinajstić information content (AvgIpc) is 3.36. The molecule has 1 aromatic carbocycles. The van der Waals surface area contributed by atoms with Gasteiger partial charge in [0, 0.05) is 6.42 Å². The van der Waals surface area contributed by atoms with E-state index in [9.17, 15) is 13.2 Å². The molecular weight excluding hydrogens is 409 g/mol. The van der Waals surface area contributed by atoms with Gasteiger partial charge in [-0.15, -0.1) is 5.10 Å². The fraction of sp³-hybridized carbons (Fsp3) is 0.143. The third-order valence-corrected chi connectivity index (χ3v) is 4.91. The molecule has 31 heavy (non-hydrogen) atoms. The molecule has 7 nitrogen and oxygen atoms in total. The predicted molar refractivity (Wildman–Crippen MR) is 103 cm³/mol. The van der Waals surface area contributed by atoms with E-state index in [1.54, 1.807) is 36.3 Å². The lowest BCUT2D eigenvalue weighted by Crippen LogP contribution is -2.09. The Hall–Kier alpha value is -4.13. The van der Waals surface area contributed by atoms with Crippen molar-refractivity contribution in [3.05, 3.63) is 77.4 Å². The maximum absolute atomic E-state index is 13.3. The van der Waals surface area contributed by atoms with Gasteiger partial charge in [0.1, 0.15) is 23.5 Å². The Bertz CT molecular complexity index is 1340. The number of benzene rings is 1. The largest absolute Gasteiger partial charge is 0.495 e. The van der Waals surface area contributed by atoms with E-state index in [1.165, 1.54) is 16.9 Å². The number of halogens is 3. The fourth-order valence-corrected chi connectivity index (χ4v) is 3.38. The second-order valence-electron chi connectivity index (χ2n) is 6.76. The Morgan fingerprint density at radius 2 is 1.90 bits per heavy atom. The number of hydrogen-bond acceptors (Lipinski definition) is 5. The van der Waals surface area contributed by atoms with Gasteiger partial charge in [-0.3, -0.25) is 4.57 Å². The van der Waals surface area contributed by atoms with Crippen molar-refractivity contribution in [3.8, 4) is 29.0 Å². The molecule has 0 radical (unpaired) electrons. The van der Waals surface area contributed by atoms with Gasteiger partial charge in [-0.1, -0.05) is 5.21 Å². The Morgan fingerprint density at radius 1 is 1.03 bits per heavy atom. The molecule has 10 heteroatoms. The number of methoxy groups -OCH3 is 1. The van der Waals surface area contributed by atoms with E-state index in [0.29, 0.717) is 34.9 Å². The van der Waals surface area contributed by atoms with Crippen molar-refractivity contribution in [1.29, 1.82) is 0 Å². The third-order valence-electron chi connectivity index (χ3n) is 4.91. The zero-order chi connectivity index (χ0) is 21.6.